The number of nitrogens with one attached hydrogen (secondary N) is 1. The van der Waals surface area contributed by atoms with E-state index in [0.717, 1.165) is 30.7 Å². The summed E-state index contributed by atoms with van der Waals surface area (Å²) in [7, 11) is 0. The van der Waals surface area contributed by atoms with Crippen LogP contribution in [0.2, 0.25) is 0 Å². The second-order valence-corrected chi connectivity index (χ2v) is 6.15. The van der Waals surface area contributed by atoms with E-state index in [-0.39, 0.29) is 0 Å². The molecule has 0 bridgehead atoms. The van der Waals surface area contributed by atoms with E-state index in [0.29, 0.717) is 6.04 Å². The van der Waals surface area contributed by atoms with Gasteiger partial charge in [0, 0.05) is 6.04 Å². The maximum Gasteiger partial charge on any atom is 0.119 e. The van der Waals surface area contributed by atoms with Crippen LogP contribution in [0.5, 0.6) is 5.75 Å². The van der Waals surface area contributed by atoms with Crippen LogP contribution in [0.15, 0.2) is 24.3 Å². The fourth-order valence-electron chi connectivity index (χ4n) is 3.86. The fraction of sp³-hybridized carbons (Fsp3) is 0.684. The SMILES string of the molecule is CCNC(c1ccc(OCC)cc1)C1CCCCC1CC. The molecule has 0 saturated heterocycles. The van der Waals surface area contributed by atoms with Crippen LogP contribution in [0.4, 0.5) is 0 Å². The molecule has 1 aromatic rings. The average molecular weight is 289 g/mol. The Labute approximate surface area is 130 Å². The lowest BCUT2D eigenvalue weighted by molar-refractivity contribution is 0.176. The molecule has 0 aliphatic heterocycles. The topological polar surface area (TPSA) is 21.3 Å². The van der Waals surface area contributed by atoms with Gasteiger partial charge in [-0.25, -0.2) is 0 Å². The average Bonchev–Trinajstić information content (AvgIpc) is 2.54. The Balaban J connectivity index is 2.16. The van der Waals surface area contributed by atoms with E-state index < -0.39 is 0 Å². The van der Waals surface area contributed by atoms with Gasteiger partial charge in [0.05, 0.1) is 6.61 Å². The molecule has 1 fully saturated rings. The molecule has 1 aliphatic carbocycles. The second kappa shape index (κ2) is 8.43. The van der Waals surface area contributed by atoms with E-state index in [4.69, 9.17) is 4.74 Å². The lowest BCUT2D eigenvalue weighted by Gasteiger charge is -2.37. The number of hydrogen-bond donors (Lipinski definition) is 1. The van der Waals surface area contributed by atoms with E-state index in [1.165, 1.54) is 37.7 Å². The molecule has 3 atom stereocenters. The molecule has 21 heavy (non-hydrogen) atoms. The van der Waals surface area contributed by atoms with Gasteiger partial charge in [0.1, 0.15) is 5.75 Å². The van der Waals surface area contributed by atoms with Crippen molar-refractivity contribution in [1.29, 1.82) is 0 Å². The van der Waals surface area contributed by atoms with Crippen molar-refractivity contribution in [3.05, 3.63) is 29.8 Å². The van der Waals surface area contributed by atoms with Crippen molar-refractivity contribution in [1.82, 2.24) is 5.32 Å². The highest BCUT2D eigenvalue weighted by molar-refractivity contribution is 5.29. The van der Waals surface area contributed by atoms with Gasteiger partial charge in [-0.1, -0.05) is 51.7 Å². The quantitative estimate of drug-likeness (QED) is 0.766. The van der Waals surface area contributed by atoms with Gasteiger partial charge in [-0.05, 0) is 49.4 Å². The molecule has 118 valence electrons. The summed E-state index contributed by atoms with van der Waals surface area (Å²) < 4.78 is 5.57. The molecule has 2 heteroatoms. The van der Waals surface area contributed by atoms with Crippen LogP contribution in [-0.2, 0) is 0 Å². The molecule has 0 spiro atoms. The minimum atomic E-state index is 0.496. The van der Waals surface area contributed by atoms with E-state index in [1.54, 1.807) is 0 Å². The molecule has 3 unspecified atom stereocenters. The van der Waals surface area contributed by atoms with Gasteiger partial charge in [0.25, 0.3) is 0 Å². The van der Waals surface area contributed by atoms with Gasteiger partial charge >= 0.3 is 0 Å². The summed E-state index contributed by atoms with van der Waals surface area (Å²) in [6, 6.07) is 9.23. The maximum atomic E-state index is 5.57. The normalized spacial score (nSPS) is 23.8. The minimum absolute atomic E-state index is 0.496. The van der Waals surface area contributed by atoms with Crippen LogP contribution >= 0.6 is 0 Å². The predicted octanol–water partition coefficient (Wildman–Crippen LogP) is 4.95. The Hall–Kier alpha value is -1.02. The lowest BCUT2D eigenvalue weighted by atomic mass is 9.72. The Kier molecular flexibility index (Phi) is 6.56. The minimum Gasteiger partial charge on any atom is -0.494 e. The predicted molar refractivity (Wildman–Crippen MR) is 89.8 cm³/mol. The van der Waals surface area contributed by atoms with Gasteiger partial charge in [0.2, 0.25) is 0 Å². The molecular formula is C19H31NO. The van der Waals surface area contributed by atoms with E-state index >= 15 is 0 Å². The zero-order valence-electron chi connectivity index (χ0n) is 13.9. The largest absolute Gasteiger partial charge is 0.494 e. The Morgan fingerprint density at radius 1 is 1.10 bits per heavy atom. The first-order valence-electron chi connectivity index (χ1n) is 8.76. The lowest BCUT2D eigenvalue weighted by Crippen LogP contribution is -2.34. The standard InChI is InChI=1S/C19H31NO/c1-4-15-9-7-8-10-18(15)19(20-5-2)16-11-13-17(14-12-16)21-6-3/h11-15,18-20H,4-10H2,1-3H3. The molecular weight excluding hydrogens is 258 g/mol. The highest BCUT2D eigenvalue weighted by Crippen LogP contribution is 2.40. The summed E-state index contributed by atoms with van der Waals surface area (Å²) in [4.78, 5) is 0. The van der Waals surface area contributed by atoms with Crippen LogP contribution in [0.1, 0.15) is 64.5 Å². The molecule has 2 nitrogen and oxygen atoms in total. The summed E-state index contributed by atoms with van der Waals surface area (Å²) in [6.45, 7) is 8.36. The van der Waals surface area contributed by atoms with E-state index in [9.17, 15) is 0 Å². The molecule has 0 amide bonds. The summed E-state index contributed by atoms with van der Waals surface area (Å²) in [5.41, 5.74) is 1.42. The third-order valence-electron chi connectivity index (χ3n) is 4.89. The molecule has 1 N–H and O–H groups in total. The van der Waals surface area contributed by atoms with E-state index in [2.05, 4.69) is 43.4 Å². The van der Waals surface area contributed by atoms with Crippen molar-refractivity contribution in [3.8, 4) is 5.75 Å². The second-order valence-electron chi connectivity index (χ2n) is 6.15. The third-order valence-corrected chi connectivity index (χ3v) is 4.89. The zero-order valence-corrected chi connectivity index (χ0v) is 13.9. The van der Waals surface area contributed by atoms with Crippen LogP contribution in [0.25, 0.3) is 0 Å². The van der Waals surface area contributed by atoms with Gasteiger partial charge in [0.15, 0.2) is 0 Å². The zero-order chi connectivity index (χ0) is 15.1. The molecule has 1 aromatic carbocycles. The smallest absolute Gasteiger partial charge is 0.119 e. The van der Waals surface area contributed by atoms with Crippen molar-refractivity contribution in [3.63, 3.8) is 0 Å². The van der Waals surface area contributed by atoms with Crippen LogP contribution in [0.3, 0.4) is 0 Å². The third kappa shape index (κ3) is 4.23. The monoisotopic (exact) mass is 289 g/mol. The number of benzene rings is 1. The van der Waals surface area contributed by atoms with Gasteiger partial charge < -0.3 is 10.1 Å². The first-order valence-corrected chi connectivity index (χ1v) is 8.76. The number of ether oxygens (including phenoxy) is 1. The molecule has 1 aliphatic rings. The Morgan fingerprint density at radius 2 is 1.81 bits per heavy atom. The van der Waals surface area contributed by atoms with Crippen LogP contribution in [0, 0.1) is 11.8 Å². The van der Waals surface area contributed by atoms with Crippen molar-refractivity contribution in [2.75, 3.05) is 13.2 Å². The summed E-state index contributed by atoms with van der Waals surface area (Å²) in [6.07, 6.45) is 6.88. The summed E-state index contributed by atoms with van der Waals surface area (Å²) in [5.74, 6) is 2.63. The first-order chi connectivity index (χ1) is 10.3. The first kappa shape index (κ1) is 16.4. The maximum absolute atomic E-state index is 5.57. The van der Waals surface area contributed by atoms with Gasteiger partial charge in [-0.3, -0.25) is 0 Å². The highest BCUT2D eigenvalue weighted by atomic mass is 16.5. The van der Waals surface area contributed by atoms with Gasteiger partial charge in [-0.2, -0.15) is 0 Å². The summed E-state index contributed by atoms with van der Waals surface area (Å²) in [5, 5.41) is 3.74. The molecule has 0 radical (unpaired) electrons. The number of rotatable bonds is 7. The molecule has 1 saturated carbocycles. The highest BCUT2D eigenvalue weighted by Gasteiger charge is 2.31. The molecule has 0 aromatic heterocycles. The van der Waals surface area contributed by atoms with Crippen molar-refractivity contribution in [2.45, 2.75) is 58.9 Å². The van der Waals surface area contributed by atoms with Crippen LogP contribution < -0.4 is 10.1 Å². The molecule has 0 heterocycles. The Bertz CT molecular complexity index is 401. The van der Waals surface area contributed by atoms with Gasteiger partial charge in [-0.15, -0.1) is 0 Å². The van der Waals surface area contributed by atoms with Crippen molar-refractivity contribution < 1.29 is 4.74 Å². The fourth-order valence-corrected chi connectivity index (χ4v) is 3.86. The Morgan fingerprint density at radius 3 is 2.43 bits per heavy atom. The van der Waals surface area contributed by atoms with Crippen molar-refractivity contribution >= 4 is 0 Å². The van der Waals surface area contributed by atoms with E-state index in [1.807, 2.05) is 6.92 Å². The molecule has 2 rings (SSSR count). The summed E-state index contributed by atoms with van der Waals surface area (Å²) >= 11 is 0. The number of hydrogen-bond acceptors (Lipinski definition) is 2. The van der Waals surface area contributed by atoms with Crippen molar-refractivity contribution in [2.24, 2.45) is 11.8 Å². The van der Waals surface area contributed by atoms with Crippen LogP contribution in [-0.4, -0.2) is 13.2 Å².